The van der Waals surface area contributed by atoms with Gasteiger partial charge >= 0.3 is 0 Å². The number of rotatable bonds is 4. The van der Waals surface area contributed by atoms with Crippen molar-refractivity contribution < 1.29 is 4.79 Å². The minimum absolute atomic E-state index is 0.0611. The number of carbonyl (C=O) groups excluding carboxylic acids is 1. The fourth-order valence-corrected chi connectivity index (χ4v) is 3.40. The minimum atomic E-state index is 0.0611. The molecular formula is C17H26N2O. The van der Waals surface area contributed by atoms with Crippen molar-refractivity contribution in [2.45, 2.75) is 65.1 Å². The van der Waals surface area contributed by atoms with Gasteiger partial charge in [-0.05, 0) is 51.7 Å². The molecule has 1 amide bonds. The quantitative estimate of drug-likeness (QED) is 0.914. The average molecular weight is 274 g/mol. The van der Waals surface area contributed by atoms with Crippen molar-refractivity contribution >= 4 is 11.6 Å². The molecule has 1 aromatic rings. The zero-order chi connectivity index (χ0) is 14.7. The van der Waals surface area contributed by atoms with Crippen LogP contribution in [0.15, 0.2) is 24.3 Å². The van der Waals surface area contributed by atoms with Gasteiger partial charge in [-0.1, -0.05) is 18.2 Å². The van der Waals surface area contributed by atoms with Crippen LogP contribution in [0.5, 0.6) is 0 Å². The first-order valence-corrected chi connectivity index (χ1v) is 7.60. The van der Waals surface area contributed by atoms with Crippen LogP contribution in [0.1, 0.15) is 45.6 Å². The average Bonchev–Trinajstić information content (AvgIpc) is 2.70. The highest BCUT2D eigenvalue weighted by atomic mass is 16.1. The Hall–Kier alpha value is -1.51. The molecule has 1 aromatic carbocycles. The monoisotopic (exact) mass is 274 g/mol. The molecule has 1 fully saturated rings. The molecule has 0 aromatic heterocycles. The third-order valence-electron chi connectivity index (χ3n) is 4.25. The van der Waals surface area contributed by atoms with Crippen LogP contribution in [0.25, 0.3) is 0 Å². The van der Waals surface area contributed by atoms with Gasteiger partial charge in [0.1, 0.15) is 0 Å². The number of amides is 1. The third-order valence-corrected chi connectivity index (χ3v) is 4.25. The molecule has 0 aliphatic carbocycles. The molecular weight excluding hydrogens is 248 g/mol. The molecule has 1 N–H and O–H groups in total. The van der Waals surface area contributed by atoms with E-state index in [1.54, 1.807) is 6.92 Å². The SMILES string of the molecule is CC(=O)NC(C)CC1CCC(C)N1c1ccccc1C. The molecule has 0 saturated carbocycles. The molecule has 1 aliphatic rings. The molecule has 1 aliphatic heterocycles. The van der Waals surface area contributed by atoms with Crippen molar-refractivity contribution in [1.82, 2.24) is 5.32 Å². The van der Waals surface area contributed by atoms with Crippen LogP contribution in [-0.4, -0.2) is 24.0 Å². The molecule has 0 radical (unpaired) electrons. The van der Waals surface area contributed by atoms with E-state index in [0.29, 0.717) is 12.1 Å². The lowest BCUT2D eigenvalue weighted by atomic mass is 10.0. The molecule has 110 valence electrons. The van der Waals surface area contributed by atoms with Crippen molar-refractivity contribution in [2.75, 3.05) is 4.90 Å². The van der Waals surface area contributed by atoms with E-state index >= 15 is 0 Å². The van der Waals surface area contributed by atoms with Crippen molar-refractivity contribution in [3.63, 3.8) is 0 Å². The van der Waals surface area contributed by atoms with E-state index in [-0.39, 0.29) is 11.9 Å². The zero-order valence-corrected chi connectivity index (χ0v) is 13.0. The summed E-state index contributed by atoms with van der Waals surface area (Å²) in [5, 5.41) is 3.01. The van der Waals surface area contributed by atoms with Crippen LogP contribution in [-0.2, 0) is 4.79 Å². The van der Waals surface area contributed by atoms with E-state index < -0.39 is 0 Å². The molecule has 3 unspecified atom stereocenters. The van der Waals surface area contributed by atoms with E-state index in [2.05, 4.69) is 55.3 Å². The summed E-state index contributed by atoms with van der Waals surface area (Å²) in [6.45, 7) is 8.16. The number of anilines is 1. The first-order valence-electron chi connectivity index (χ1n) is 7.60. The third kappa shape index (κ3) is 3.33. The summed E-state index contributed by atoms with van der Waals surface area (Å²) in [6, 6.07) is 9.92. The Morgan fingerprint density at radius 1 is 1.40 bits per heavy atom. The summed E-state index contributed by atoms with van der Waals surface area (Å²) >= 11 is 0. The van der Waals surface area contributed by atoms with Gasteiger partial charge in [-0.25, -0.2) is 0 Å². The van der Waals surface area contributed by atoms with Gasteiger partial charge in [0.05, 0.1) is 0 Å². The highest BCUT2D eigenvalue weighted by Gasteiger charge is 2.32. The van der Waals surface area contributed by atoms with Crippen molar-refractivity contribution in [3.05, 3.63) is 29.8 Å². The minimum Gasteiger partial charge on any atom is -0.366 e. The van der Waals surface area contributed by atoms with Gasteiger partial charge in [0.2, 0.25) is 5.91 Å². The maximum absolute atomic E-state index is 11.2. The van der Waals surface area contributed by atoms with Crippen LogP contribution in [0.3, 0.4) is 0 Å². The van der Waals surface area contributed by atoms with E-state index in [9.17, 15) is 4.79 Å². The summed E-state index contributed by atoms with van der Waals surface area (Å²) < 4.78 is 0. The van der Waals surface area contributed by atoms with Crippen LogP contribution >= 0.6 is 0 Å². The van der Waals surface area contributed by atoms with Gasteiger partial charge in [0.25, 0.3) is 0 Å². The first kappa shape index (κ1) is 14.9. The highest BCUT2D eigenvalue weighted by Crippen LogP contribution is 2.34. The first-order chi connectivity index (χ1) is 9.49. The summed E-state index contributed by atoms with van der Waals surface area (Å²) in [5.74, 6) is 0.0611. The van der Waals surface area contributed by atoms with Crippen molar-refractivity contribution in [2.24, 2.45) is 0 Å². The molecule has 2 rings (SSSR count). The van der Waals surface area contributed by atoms with Crippen molar-refractivity contribution in [1.29, 1.82) is 0 Å². The van der Waals surface area contributed by atoms with Gasteiger partial charge < -0.3 is 10.2 Å². The second-order valence-electron chi connectivity index (χ2n) is 6.11. The lowest BCUT2D eigenvalue weighted by Crippen LogP contribution is -2.40. The molecule has 0 spiro atoms. The van der Waals surface area contributed by atoms with E-state index in [1.807, 2.05) is 0 Å². The maximum atomic E-state index is 11.2. The second kappa shape index (κ2) is 6.29. The Labute approximate surface area is 122 Å². The molecule has 20 heavy (non-hydrogen) atoms. The topological polar surface area (TPSA) is 32.3 Å². The van der Waals surface area contributed by atoms with Gasteiger partial charge in [-0.3, -0.25) is 4.79 Å². The maximum Gasteiger partial charge on any atom is 0.217 e. The number of carbonyl (C=O) groups is 1. The Morgan fingerprint density at radius 3 is 2.75 bits per heavy atom. The number of benzene rings is 1. The number of hydrogen-bond acceptors (Lipinski definition) is 2. The predicted octanol–water partition coefficient (Wildman–Crippen LogP) is 3.27. The lowest BCUT2D eigenvalue weighted by molar-refractivity contribution is -0.119. The number of nitrogens with zero attached hydrogens (tertiary/aromatic N) is 1. The molecule has 1 heterocycles. The van der Waals surface area contributed by atoms with Crippen LogP contribution in [0, 0.1) is 6.92 Å². The number of hydrogen-bond donors (Lipinski definition) is 1. The van der Waals surface area contributed by atoms with Gasteiger partial charge in [-0.15, -0.1) is 0 Å². The largest absolute Gasteiger partial charge is 0.366 e. The second-order valence-corrected chi connectivity index (χ2v) is 6.11. The lowest BCUT2D eigenvalue weighted by Gasteiger charge is -2.33. The normalized spacial score (nSPS) is 23.7. The summed E-state index contributed by atoms with van der Waals surface area (Å²) in [5.41, 5.74) is 2.68. The zero-order valence-electron chi connectivity index (χ0n) is 13.0. The fraction of sp³-hybridized carbons (Fsp3) is 0.588. The molecule has 3 atom stereocenters. The Bertz CT molecular complexity index is 472. The molecule has 3 nitrogen and oxygen atoms in total. The molecule has 0 bridgehead atoms. The fourth-order valence-electron chi connectivity index (χ4n) is 3.40. The van der Waals surface area contributed by atoms with Gasteiger partial charge in [0, 0.05) is 30.7 Å². The van der Waals surface area contributed by atoms with Gasteiger partial charge in [-0.2, -0.15) is 0 Å². The van der Waals surface area contributed by atoms with Crippen LogP contribution in [0.4, 0.5) is 5.69 Å². The number of nitrogens with one attached hydrogen (secondary N) is 1. The Morgan fingerprint density at radius 2 is 2.10 bits per heavy atom. The Balaban J connectivity index is 2.13. The molecule has 1 saturated heterocycles. The summed E-state index contributed by atoms with van der Waals surface area (Å²) in [7, 11) is 0. The summed E-state index contributed by atoms with van der Waals surface area (Å²) in [6.07, 6.45) is 3.45. The standard InChI is InChI=1S/C17H26N2O/c1-12-7-5-6-8-17(12)19-14(3)9-10-16(19)11-13(2)18-15(4)20/h5-8,13-14,16H,9-11H2,1-4H3,(H,18,20). The highest BCUT2D eigenvalue weighted by molar-refractivity contribution is 5.73. The van der Waals surface area contributed by atoms with E-state index in [4.69, 9.17) is 0 Å². The van der Waals surface area contributed by atoms with Crippen molar-refractivity contribution in [3.8, 4) is 0 Å². The number of para-hydroxylation sites is 1. The van der Waals surface area contributed by atoms with Crippen LogP contribution < -0.4 is 10.2 Å². The van der Waals surface area contributed by atoms with Gasteiger partial charge in [0.15, 0.2) is 0 Å². The molecule has 3 heteroatoms. The van der Waals surface area contributed by atoms with E-state index in [1.165, 1.54) is 24.1 Å². The predicted molar refractivity (Wildman–Crippen MR) is 84.0 cm³/mol. The van der Waals surface area contributed by atoms with E-state index in [0.717, 1.165) is 6.42 Å². The summed E-state index contributed by atoms with van der Waals surface area (Å²) in [4.78, 5) is 13.7. The Kier molecular flexibility index (Phi) is 4.69. The number of aryl methyl sites for hydroxylation is 1. The van der Waals surface area contributed by atoms with Crippen LogP contribution in [0.2, 0.25) is 0 Å². The smallest absolute Gasteiger partial charge is 0.217 e.